The number of aryl methyl sites for hydroxylation is 1. The molecular weight excluding hydrogens is 274 g/mol. The number of nitrogens with one attached hydrogen (secondary N) is 1. The second kappa shape index (κ2) is 5.12. The maximum Gasteiger partial charge on any atom is 0.224 e. The van der Waals surface area contributed by atoms with Gasteiger partial charge in [0.1, 0.15) is 10.7 Å². The molecule has 1 aromatic heterocycles. The van der Waals surface area contributed by atoms with E-state index in [9.17, 15) is 8.42 Å². The zero-order chi connectivity index (χ0) is 13.2. The zero-order valence-corrected chi connectivity index (χ0v) is 11.4. The molecule has 0 bridgehead atoms. The van der Waals surface area contributed by atoms with Gasteiger partial charge in [-0.2, -0.15) is 4.98 Å². The molecule has 0 atom stereocenters. The van der Waals surface area contributed by atoms with Crippen molar-refractivity contribution in [2.45, 2.75) is 24.7 Å². The Kier molecular flexibility index (Phi) is 3.73. The van der Waals surface area contributed by atoms with Gasteiger partial charge in [-0.3, -0.25) is 0 Å². The molecule has 0 aromatic carbocycles. The number of hydrogen-bond acceptors (Lipinski definition) is 5. The van der Waals surface area contributed by atoms with Crippen molar-refractivity contribution < 1.29 is 8.42 Å². The van der Waals surface area contributed by atoms with Gasteiger partial charge in [-0.1, -0.05) is 0 Å². The Hall–Kier alpha value is -1.32. The van der Waals surface area contributed by atoms with E-state index in [-0.39, 0.29) is 15.9 Å². The van der Waals surface area contributed by atoms with Crippen molar-refractivity contribution >= 4 is 27.3 Å². The number of hydrogen-bond donors (Lipinski definition) is 1. The Morgan fingerprint density at radius 2 is 2.22 bits per heavy atom. The minimum atomic E-state index is -3.28. The van der Waals surface area contributed by atoms with Gasteiger partial charge in [-0.15, -0.1) is 11.8 Å². The van der Waals surface area contributed by atoms with E-state index < -0.39 is 9.84 Å². The molecule has 0 fully saturated rings. The number of rotatable bonds is 3. The summed E-state index contributed by atoms with van der Waals surface area (Å²) >= 11 is 5.78. The third-order valence-electron chi connectivity index (χ3n) is 2.55. The van der Waals surface area contributed by atoms with E-state index in [1.807, 2.05) is 0 Å². The van der Waals surface area contributed by atoms with E-state index in [0.717, 1.165) is 0 Å². The molecule has 18 heavy (non-hydrogen) atoms. The standard InChI is InChI=1S/C11H12ClN3O2S/c1-2-3-4-6-13-10-9-8(14-11(12)15-10)5-7-18(9,16)17/h4-7H2,1H3,(H,13,14,15). The van der Waals surface area contributed by atoms with Crippen LogP contribution in [-0.2, 0) is 16.3 Å². The summed E-state index contributed by atoms with van der Waals surface area (Å²) < 4.78 is 23.8. The Bertz CT molecular complexity index is 632. The first-order valence-corrected chi connectivity index (χ1v) is 7.50. The molecule has 7 heteroatoms. The summed E-state index contributed by atoms with van der Waals surface area (Å²) in [5.41, 5.74) is 0.499. The van der Waals surface area contributed by atoms with Gasteiger partial charge in [0.25, 0.3) is 0 Å². The Morgan fingerprint density at radius 1 is 1.44 bits per heavy atom. The third-order valence-corrected chi connectivity index (χ3v) is 4.51. The fourth-order valence-electron chi connectivity index (χ4n) is 1.78. The predicted octanol–water partition coefficient (Wildman–Crippen LogP) is 1.29. The molecule has 0 spiro atoms. The van der Waals surface area contributed by atoms with Gasteiger partial charge in [0.05, 0.1) is 11.4 Å². The SMILES string of the molecule is CC#CCCNc1nc(Cl)nc2c1S(=O)(=O)CC2. The summed E-state index contributed by atoms with van der Waals surface area (Å²) in [5.74, 6) is 6.01. The van der Waals surface area contributed by atoms with Crippen molar-refractivity contribution in [3.8, 4) is 11.8 Å². The van der Waals surface area contributed by atoms with Gasteiger partial charge in [0, 0.05) is 19.4 Å². The van der Waals surface area contributed by atoms with Gasteiger partial charge in [0.2, 0.25) is 5.28 Å². The Balaban J connectivity index is 2.32. The first kappa shape index (κ1) is 13.1. The molecule has 2 heterocycles. The van der Waals surface area contributed by atoms with Crippen molar-refractivity contribution in [3.63, 3.8) is 0 Å². The molecule has 1 N–H and O–H groups in total. The predicted molar refractivity (Wildman–Crippen MR) is 69.4 cm³/mol. The van der Waals surface area contributed by atoms with Crippen LogP contribution in [0.3, 0.4) is 0 Å². The van der Waals surface area contributed by atoms with Crippen molar-refractivity contribution in [1.29, 1.82) is 0 Å². The topological polar surface area (TPSA) is 72.0 Å². The molecule has 0 radical (unpaired) electrons. The fourth-order valence-corrected chi connectivity index (χ4v) is 3.56. The van der Waals surface area contributed by atoms with E-state index in [4.69, 9.17) is 11.6 Å². The normalized spacial score (nSPS) is 15.7. The highest BCUT2D eigenvalue weighted by Gasteiger charge is 2.32. The number of halogens is 1. The number of fused-ring (bicyclic) bond motifs is 1. The van der Waals surface area contributed by atoms with Crippen LogP contribution < -0.4 is 5.32 Å². The summed E-state index contributed by atoms with van der Waals surface area (Å²) in [4.78, 5) is 8.11. The smallest absolute Gasteiger partial charge is 0.224 e. The van der Waals surface area contributed by atoms with Crippen molar-refractivity contribution in [1.82, 2.24) is 9.97 Å². The van der Waals surface area contributed by atoms with E-state index >= 15 is 0 Å². The molecule has 1 aliphatic rings. The third kappa shape index (κ3) is 2.57. The molecule has 5 nitrogen and oxygen atoms in total. The highest BCUT2D eigenvalue weighted by Crippen LogP contribution is 2.31. The van der Waals surface area contributed by atoms with E-state index in [1.54, 1.807) is 6.92 Å². The Morgan fingerprint density at radius 3 is 2.94 bits per heavy atom. The summed E-state index contributed by atoms with van der Waals surface area (Å²) in [6.07, 6.45) is 1.01. The van der Waals surface area contributed by atoms with Gasteiger partial charge >= 0.3 is 0 Å². The molecule has 1 aliphatic heterocycles. The van der Waals surface area contributed by atoms with Gasteiger partial charge in [-0.05, 0) is 18.5 Å². The number of anilines is 1. The van der Waals surface area contributed by atoms with Gasteiger partial charge in [0.15, 0.2) is 9.84 Å². The highest BCUT2D eigenvalue weighted by molar-refractivity contribution is 7.91. The van der Waals surface area contributed by atoms with Crippen LogP contribution in [0.2, 0.25) is 5.28 Å². The number of sulfone groups is 1. The van der Waals surface area contributed by atoms with Crippen LogP contribution in [0, 0.1) is 11.8 Å². The second-order valence-electron chi connectivity index (χ2n) is 3.79. The van der Waals surface area contributed by atoms with E-state index in [2.05, 4.69) is 27.1 Å². The lowest BCUT2D eigenvalue weighted by molar-refractivity contribution is 0.600. The fraction of sp³-hybridized carbons (Fsp3) is 0.455. The molecule has 1 aromatic rings. The summed E-state index contributed by atoms with van der Waals surface area (Å²) in [6.45, 7) is 2.28. The van der Waals surface area contributed by atoms with Crippen LogP contribution in [0.1, 0.15) is 19.0 Å². The first-order valence-electron chi connectivity index (χ1n) is 5.47. The maximum absolute atomic E-state index is 11.9. The lowest BCUT2D eigenvalue weighted by Gasteiger charge is -2.08. The molecule has 0 aliphatic carbocycles. The van der Waals surface area contributed by atoms with Crippen LogP contribution in [0.25, 0.3) is 0 Å². The number of aromatic nitrogens is 2. The van der Waals surface area contributed by atoms with Crippen molar-refractivity contribution in [2.24, 2.45) is 0 Å². The highest BCUT2D eigenvalue weighted by atomic mass is 35.5. The van der Waals surface area contributed by atoms with E-state index in [0.29, 0.717) is 30.9 Å². The minimum Gasteiger partial charge on any atom is -0.368 e. The van der Waals surface area contributed by atoms with Crippen molar-refractivity contribution in [3.05, 3.63) is 11.0 Å². The average molecular weight is 286 g/mol. The van der Waals surface area contributed by atoms with Crippen LogP contribution in [0.4, 0.5) is 5.82 Å². The lowest BCUT2D eigenvalue weighted by atomic mass is 10.3. The molecule has 0 unspecified atom stereocenters. The molecule has 2 rings (SSSR count). The quantitative estimate of drug-likeness (QED) is 0.515. The minimum absolute atomic E-state index is 0.0647. The monoisotopic (exact) mass is 285 g/mol. The zero-order valence-electron chi connectivity index (χ0n) is 9.83. The summed E-state index contributed by atoms with van der Waals surface area (Å²) in [6, 6.07) is 0. The van der Waals surface area contributed by atoms with E-state index in [1.165, 1.54) is 0 Å². The molecular formula is C11H12ClN3O2S. The van der Waals surface area contributed by atoms with Crippen LogP contribution in [0.5, 0.6) is 0 Å². The summed E-state index contributed by atoms with van der Waals surface area (Å²) in [5, 5.41) is 3.02. The molecule has 0 saturated heterocycles. The largest absolute Gasteiger partial charge is 0.368 e. The second-order valence-corrected chi connectivity index (χ2v) is 6.17. The van der Waals surface area contributed by atoms with Gasteiger partial charge in [-0.25, -0.2) is 13.4 Å². The lowest BCUT2D eigenvalue weighted by Crippen LogP contribution is -2.10. The first-order chi connectivity index (χ1) is 8.54. The van der Waals surface area contributed by atoms with Gasteiger partial charge < -0.3 is 5.32 Å². The molecule has 0 saturated carbocycles. The Labute approximate surface area is 111 Å². The van der Waals surface area contributed by atoms with Crippen LogP contribution in [0.15, 0.2) is 4.90 Å². The summed E-state index contributed by atoms with van der Waals surface area (Å²) in [7, 11) is -3.28. The van der Waals surface area contributed by atoms with Crippen LogP contribution in [-0.4, -0.2) is 30.7 Å². The van der Waals surface area contributed by atoms with Crippen molar-refractivity contribution in [2.75, 3.05) is 17.6 Å². The number of nitrogens with zero attached hydrogens (tertiary/aromatic N) is 2. The van der Waals surface area contributed by atoms with Crippen LogP contribution >= 0.6 is 11.6 Å². The molecule has 0 amide bonds. The molecule has 96 valence electrons. The maximum atomic E-state index is 11.9. The average Bonchev–Trinajstić information content (AvgIpc) is 2.60.